The minimum atomic E-state index is -0.445. The lowest BCUT2D eigenvalue weighted by Crippen LogP contribution is -2.42. The second kappa shape index (κ2) is 11.9. The number of hydrogen-bond donors (Lipinski definition) is 2. The van der Waals surface area contributed by atoms with E-state index in [9.17, 15) is 19.2 Å². The molecule has 4 aromatic carbocycles. The second-order valence-corrected chi connectivity index (χ2v) is 16.6. The van der Waals surface area contributed by atoms with Gasteiger partial charge in [0.2, 0.25) is 11.8 Å². The first-order valence-corrected chi connectivity index (χ1v) is 18.9. The molecule has 1 saturated heterocycles. The average Bonchev–Trinajstić information content (AvgIpc) is 3.83. The van der Waals surface area contributed by atoms with Crippen LogP contribution in [0.3, 0.4) is 0 Å². The molecule has 5 aromatic rings. The summed E-state index contributed by atoms with van der Waals surface area (Å²) in [6.45, 7) is -0.237. The topological polar surface area (TPSA) is 109 Å². The van der Waals surface area contributed by atoms with E-state index in [0.717, 1.165) is 48.5 Å². The molecule has 12 heteroatoms. The van der Waals surface area contributed by atoms with Crippen LogP contribution in [0.2, 0.25) is 5.02 Å². The van der Waals surface area contributed by atoms with Gasteiger partial charge >= 0.3 is 4.87 Å². The first-order chi connectivity index (χ1) is 23.7. The van der Waals surface area contributed by atoms with E-state index < -0.39 is 11.8 Å². The number of hydrogen-bond acceptors (Lipinski definition) is 7. The number of thioether (sulfide) groups is 1. The molecule has 246 valence electrons. The summed E-state index contributed by atoms with van der Waals surface area (Å²) >= 11 is 12.8. The highest BCUT2D eigenvalue weighted by Gasteiger charge is 2.69. The number of rotatable bonds is 6. The molecule has 3 fully saturated rings. The van der Waals surface area contributed by atoms with Gasteiger partial charge in [0.05, 0.1) is 22.5 Å². The minimum absolute atomic E-state index is 0.00125. The molecule has 4 aliphatic rings. The SMILES string of the molecule is O=C(COc1ccc(Cl)cc1[C@H]1c2sc(=O)[nH]c2SC2C1[C@H]1C[C@@H]2C2C(=O)N(c3ccc(Br)cc3)C(=O)C21)Nc1ccc2ccccc2c1. The van der Waals surface area contributed by atoms with Crippen molar-refractivity contribution in [2.45, 2.75) is 22.6 Å². The van der Waals surface area contributed by atoms with Gasteiger partial charge in [-0.25, -0.2) is 0 Å². The summed E-state index contributed by atoms with van der Waals surface area (Å²) in [7, 11) is 0. The summed E-state index contributed by atoms with van der Waals surface area (Å²) in [6, 6.07) is 26.3. The molecular formula is C37H27BrClN3O5S2. The van der Waals surface area contributed by atoms with E-state index in [1.807, 2.05) is 60.7 Å². The Bertz CT molecular complexity index is 2260. The summed E-state index contributed by atoms with van der Waals surface area (Å²) in [4.78, 5) is 59.1. The molecule has 3 heterocycles. The van der Waals surface area contributed by atoms with Crippen LogP contribution in [-0.2, 0) is 14.4 Å². The van der Waals surface area contributed by atoms with Crippen molar-refractivity contribution in [3.63, 3.8) is 0 Å². The average molecular weight is 773 g/mol. The molecule has 9 rings (SSSR count). The van der Waals surface area contributed by atoms with Crippen LogP contribution in [0.4, 0.5) is 11.4 Å². The molecule has 8 nitrogen and oxygen atoms in total. The van der Waals surface area contributed by atoms with Gasteiger partial charge in [-0.05, 0) is 89.5 Å². The van der Waals surface area contributed by atoms with Crippen LogP contribution in [0.1, 0.15) is 22.8 Å². The third-order valence-corrected chi connectivity index (χ3v) is 13.9. The van der Waals surface area contributed by atoms with Crippen molar-refractivity contribution >= 4 is 90.5 Å². The maximum absolute atomic E-state index is 14.1. The number of aromatic nitrogens is 1. The molecule has 0 radical (unpaired) electrons. The number of nitrogens with zero attached hydrogens (tertiary/aromatic N) is 1. The first kappa shape index (κ1) is 31.1. The van der Waals surface area contributed by atoms with Crippen LogP contribution in [0.5, 0.6) is 5.75 Å². The smallest absolute Gasteiger partial charge is 0.305 e. The minimum Gasteiger partial charge on any atom is -0.483 e. The summed E-state index contributed by atoms with van der Waals surface area (Å²) in [5.41, 5.74) is 2.01. The Morgan fingerprint density at radius 2 is 1.69 bits per heavy atom. The van der Waals surface area contributed by atoms with Gasteiger partial charge in [0.1, 0.15) is 5.75 Å². The van der Waals surface area contributed by atoms with E-state index in [2.05, 4.69) is 26.2 Å². The highest BCUT2D eigenvalue weighted by molar-refractivity contribution is 9.10. The number of carbonyl (C=O) groups is 3. The third-order valence-electron chi connectivity index (χ3n) is 10.5. The Morgan fingerprint density at radius 1 is 0.939 bits per heavy atom. The zero-order valence-electron chi connectivity index (χ0n) is 25.6. The first-order valence-electron chi connectivity index (χ1n) is 16.0. The van der Waals surface area contributed by atoms with Gasteiger partial charge in [0.15, 0.2) is 6.61 Å². The fourth-order valence-corrected chi connectivity index (χ4v) is 12.0. The number of imide groups is 1. The molecule has 1 aromatic heterocycles. The quantitative estimate of drug-likeness (QED) is 0.171. The number of H-pyrrole nitrogens is 1. The Morgan fingerprint density at radius 3 is 2.49 bits per heavy atom. The zero-order valence-corrected chi connectivity index (χ0v) is 29.6. The van der Waals surface area contributed by atoms with Gasteiger partial charge in [0, 0.05) is 36.8 Å². The second-order valence-electron chi connectivity index (χ2n) is 13.0. The fourth-order valence-electron chi connectivity index (χ4n) is 8.71. The Hall–Kier alpha value is -3.90. The summed E-state index contributed by atoms with van der Waals surface area (Å²) in [5.74, 6) is -1.46. The maximum atomic E-state index is 14.1. The largest absolute Gasteiger partial charge is 0.483 e. The third kappa shape index (κ3) is 5.08. The number of benzene rings is 4. The maximum Gasteiger partial charge on any atom is 0.305 e. The Kier molecular flexibility index (Phi) is 7.53. The number of thiazole rings is 1. The van der Waals surface area contributed by atoms with Crippen LogP contribution >= 0.6 is 50.6 Å². The lowest BCUT2D eigenvalue weighted by molar-refractivity contribution is -0.123. The summed E-state index contributed by atoms with van der Waals surface area (Å²) in [6.07, 6.45) is 0.754. The number of aromatic amines is 1. The molecular weight excluding hydrogens is 746 g/mol. The van der Waals surface area contributed by atoms with Crippen LogP contribution in [0, 0.1) is 29.6 Å². The monoisotopic (exact) mass is 771 g/mol. The Labute approximate surface area is 302 Å². The van der Waals surface area contributed by atoms with Crippen LogP contribution in [-0.4, -0.2) is 34.6 Å². The van der Waals surface area contributed by atoms with Crippen molar-refractivity contribution in [3.8, 4) is 5.75 Å². The standard InChI is InChI=1S/C37H27BrClN3O5S2/c38-19-6-10-22(11-7-19)42-35(44)30-24-15-25(31(30)36(42)45)32-29(24)28(33-34(48-32)41-37(46)49-33)23-14-20(39)8-12-26(23)47-16-27(43)40-21-9-5-17-3-1-2-4-18(17)13-21/h1-14,24-25,28-32H,15-16H2,(H,40,43)(H,41,46)/t24-,25-,28-,29?,30?,31?,32?/m1/s1. The molecule has 49 heavy (non-hydrogen) atoms. The molecule has 2 bridgehead atoms. The summed E-state index contributed by atoms with van der Waals surface area (Å²) < 4.78 is 7.10. The number of fused-ring (bicyclic) bond motifs is 10. The zero-order chi connectivity index (χ0) is 33.6. The number of halogens is 2. The van der Waals surface area contributed by atoms with Gasteiger partial charge in [-0.15, -0.1) is 11.8 Å². The van der Waals surface area contributed by atoms with Gasteiger partial charge in [-0.3, -0.25) is 24.1 Å². The van der Waals surface area contributed by atoms with Crippen molar-refractivity contribution in [1.82, 2.24) is 4.98 Å². The van der Waals surface area contributed by atoms with Gasteiger partial charge in [-0.1, -0.05) is 69.2 Å². The molecule has 2 aliphatic carbocycles. The number of amides is 3. The van der Waals surface area contributed by atoms with E-state index >= 15 is 0 Å². The van der Waals surface area contributed by atoms with Crippen molar-refractivity contribution in [1.29, 1.82) is 0 Å². The lowest BCUT2D eigenvalue weighted by atomic mass is 9.68. The normalized spacial score (nSPS) is 26.5. The molecule has 7 atom stereocenters. The molecule has 0 spiro atoms. The molecule has 2 N–H and O–H groups in total. The molecule has 2 aliphatic heterocycles. The van der Waals surface area contributed by atoms with Gasteiger partial charge in [-0.2, -0.15) is 0 Å². The summed E-state index contributed by atoms with van der Waals surface area (Å²) in [5, 5.41) is 6.31. The van der Waals surface area contributed by atoms with Crippen LogP contribution in [0.15, 0.2) is 99.2 Å². The predicted molar refractivity (Wildman–Crippen MR) is 195 cm³/mol. The van der Waals surface area contributed by atoms with E-state index in [-0.39, 0.29) is 58.1 Å². The van der Waals surface area contributed by atoms with Crippen LogP contribution < -0.4 is 19.8 Å². The number of nitrogens with one attached hydrogen (secondary N) is 2. The predicted octanol–water partition coefficient (Wildman–Crippen LogP) is 7.70. The Balaban J connectivity index is 1.04. The molecule has 3 amide bonds. The number of ether oxygens (including phenoxy) is 1. The highest BCUT2D eigenvalue weighted by atomic mass is 79.9. The number of anilines is 2. The van der Waals surface area contributed by atoms with Gasteiger partial charge in [0.25, 0.3) is 5.91 Å². The van der Waals surface area contributed by atoms with Gasteiger partial charge < -0.3 is 15.0 Å². The lowest BCUT2D eigenvalue weighted by Gasteiger charge is -2.43. The van der Waals surface area contributed by atoms with E-state index in [1.165, 1.54) is 4.90 Å². The van der Waals surface area contributed by atoms with Crippen molar-refractivity contribution < 1.29 is 19.1 Å². The van der Waals surface area contributed by atoms with E-state index in [1.54, 1.807) is 36.0 Å². The molecule has 2 saturated carbocycles. The van der Waals surface area contributed by atoms with Crippen molar-refractivity contribution in [2.24, 2.45) is 29.6 Å². The van der Waals surface area contributed by atoms with Crippen molar-refractivity contribution in [3.05, 3.63) is 115 Å². The number of carbonyl (C=O) groups excluding carboxylic acids is 3. The van der Waals surface area contributed by atoms with Crippen LogP contribution in [0.25, 0.3) is 10.8 Å². The van der Waals surface area contributed by atoms with E-state index in [0.29, 0.717) is 22.1 Å². The van der Waals surface area contributed by atoms with E-state index in [4.69, 9.17) is 16.3 Å². The molecule has 4 unspecified atom stereocenters. The fraction of sp³-hybridized carbons (Fsp3) is 0.243. The van der Waals surface area contributed by atoms with Crippen molar-refractivity contribution in [2.75, 3.05) is 16.8 Å². The highest BCUT2D eigenvalue weighted by Crippen LogP contribution is 2.69.